The number of rotatable bonds is 6. The first kappa shape index (κ1) is 10.6. The maximum Gasteiger partial charge on any atom is 0.119 e. The van der Waals surface area contributed by atoms with Gasteiger partial charge in [0.15, 0.2) is 0 Å². The third-order valence-electron chi connectivity index (χ3n) is 1.78. The van der Waals surface area contributed by atoms with Crippen LogP contribution in [0.3, 0.4) is 0 Å². The summed E-state index contributed by atoms with van der Waals surface area (Å²) in [5.41, 5.74) is 1.09. The molecule has 0 spiro atoms. The molecule has 0 bridgehead atoms. The van der Waals surface area contributed by atoms with Gasteiger partial charge in [0.1, 0.15) is 5.75 Å². The Morgan fingerprint density at radius 1 is 1.36 bits per heavy atom. The third kappa shape index (κ3) is 3.52. The SMILES string of the molecule is C=CCNc1ccc(OCCC)cc1. The van der Waals surface area contributed by atoms with Crippen molar-refractivity contribution < 1.29 is 4.74 Å². The molecule has 0 aliphatic carbocycles. The topological polar surface area (TPSA) is 21.3 Å². The maximum atomic E-state index is 5.47. The van der Waals surface area contributed by atoms with Crippen LogP contribution < -0.4 is 10.1 Å². The van der Waals surface area contributed by atoms with E-state index in [1.165, 1.54) is 0 Å². The summed E-state index contributed by atoms with van der Waals surface area (Å²) < 4.78 is 5.47. The van der Waals surface area contributed by atoms with Gasteiger partial charge in [0.25, 0.3) is 0 Å². The van der Waals surface area contributed by atoms with Gasteiger partial charge in [-0.1, -0.05) is 13.0 Å². The normalized spacial score (nSPS) is 9.50. The van der Waals surface area contributed by atoms with E-state index in [2.05, 4.69) is 18.8 Å². The van der Waals surface area contributed by atoms with Crippen molar-refractivity contribution in [3.8, 4) is 5.75 Å². The van der Waals surface area contributed by atoms with Crippen molar-refractivity contribution in [3.63, 3.8) is 0 Å². The largest absolute Gasteiger partial charge is 0.494 e. The van der Waals surface area contributed by atoms with Crippen LogP contribution in [0.15, 0.2) is 36.9 Å². The second-order valence-electron chi connectivity index (χ2n) is 3.04. The van der Waals surface area contributed by atoms with E-state index in [1.54, 1.807) is 0 Å². The number of ether oxygens (including phenoxy) is 1. The quantitative estimate of drug-likeness (QED) is 0.698. The minimum absolute atomic E-state index is 0.777. The highest BCUT2D eigenvalue weighted by atomic mass is 16.5. The molecule has 0 saturated carbocycles. The van der Waals surface area contributed by atoms with Crippen molar-refractivity contribution in [2.24, 2.45) is 0 Å². The van der Waals surface area contributed by atoms with E-state index in [1.807, 2.05) is 30.3 Å². The van der Waals surface area contributed by atoms with Gasteiger partial charge in [-0.05, 0) is 30.7 Å². The number of nitrogens with one attached hydrogen (secondary N) is 1. The second-order valence-corrected chi connectivity index (χ2v) is 3.04. The highest BCUT2D eigenvalue weighted by Gasteiger charge is 1.93. The van der Waals surface area contributed by atoms with Crippen molar-refractivity contribution in [3.05, 3.63) is 36.9 Å². The van der Waals surface area contributed by atoms with Crippen LogP contribution in [0.4, 0.5) is 5.69 Å². The average molecular weight is 191 g/mol. The first-order valence-corrected chi connectivity index (χ1v) is 4.94. The first-order valence-electron chi connectivity index (χ1n) is 4.94. The monoisotopic (exact) mass is 191 g/mol. The predicted octanol–water partition coefficient (Wildman–Crippen LogP) is 3.07. The fourth-order valence-corrected chi connectivity index (χ4v) is 1.08. The Balaban J connectivity index is 2.46. The van der Waals surface area contributed by atoms with Crippen LogP contribution in [0.2, 0.25) is 0 Å². The molecular weight excluding hydrogens is 174 g/mol. The highest BCUT2D eigenvalue weighted by molar-refractivity contribution is 5.46. The molecule has 1 aromatic carbocycles. The summed E-state index contributed by atoms with van der Waals surface area (Å²) in [5, 5.41) is 3.20. The van der Waals surface area contributed by atoms with Gasteiger partial charge < -0.3 is 10.1 Å². The molecule has 0 atom stereocenters. The molecule has 1 N–H and O–H groups in total. The molecule has 0 radical (unpaired) electrons. The van der Waals surface area contributed by atoms with Crippen molar-refractivity contribution in [2.45, 2.75) is 13.3 Å². The van der Waals surface area contributed by atoms with Crippen LogP contribution in [0.5, 0.6) is 5.75 Å². The molecule has 0 unspecified atom stereocenters. The fourth-order valence-electron chi connectivity index (χ4n) is 1.08. The standard InChI is InChI=1S/C12H17NO/c1-3-9-13-11-5-7-12(8-6-11)14-10-4-2/h3,5-8,13H,1,4,9-10H2,2H3. The second kappa shape index (κ2) is 6.08. The summed E-state index contributed by atoms with van der Waals surface area (Å²) >= 11 is 0. The summed E-state index contributed by atoms with van der Waals surface area (Å²) in [6, 6.07) is 7.96. The van der Waals surface area contributed by atoms with Crippen molar-refractivity contribution in [2.75, 3.05) is 18.5 Å². The molecule has 2 nitrogen and oxygen atoms in total. The zero-order chi connectivity index (χ0) is 10.2. The van der Waals surface area contributed by atoms with E-state index < -0.39 is 0 Å². The van der Waals surface area contributed by atoms with Crippen LogP contribution in [0.1, 0.15) is 13.3 Å². The summed E-state index contributed by atoms with van der Waals surface area (Å²) in [6.07, 6.45) is 2.87. The van der Waals surface area contributed by atoms with Crippen LogP contribution in [0.25, 0.3) is 0 Å². The van der Waals surface area contributed by atoms with E-state index >= 15 is 0 Å². The minimum atomic E-state index is 0.777. The van der Waals surface area contributed by atoms with Crippen LogP contribution in [-0.4, -0.2) is 13.2 Å². The fraction of sp³-hybridized carbons (Fsp3) is 0.333. The lowest BCUT2D eigenvalue weighted by Gasteiger charge is -2.06. The third-order valence-corrected chi connectivity index (χ3v) is 1.78. The Kier molecular flexibility index (Phi) is 4.62. The smallest absolute Gasteiger partial charge is 0.119 e. The van der Waals surface area contributed by atoms with Gasteiger partial charge >= 0.3 is 0 Å². The van der Waals surface area contributed by atoms with Gasteiger partial charge in [-0.3, -0.25) is 0 Å². The Morgan fingerprint density at radius 3 is 2.64 bits per heavy atom. The highest BCUT2D eigenvalue weighted by Crippen LogP contribution is 2.15. The van der Waals surface area contributed by atoms with Gasteiger partial charge in [-0.25, -0.2) is 0 Å². The Hall–Kier alpha value is -1.44. The Morgan fingerprint density at radius 2 is 2.07 bits per heavy atom. The van der Waals surface area contributed by atoms with Gasteiger partial charge in [-0.2, -0.15) is 0 Å². The summed E-state index contributed by atoms with van der Waals surface area (Å²) in [5.74, 6) is 0.927. The zero-order valence-corrected chi connectivity index (χ0v) is 8.62. The molecule has 0 saturated heterocycles. The van der Waals surface area contributed by atoms with Crippen LogP contribution >= 0.6 is 0 Å². The lowest BCUT2D eigenvalue weighted by atomic mass is 10.3. The number of hydrogen-bond acceptors (Lipinski definition) is 2. The number of anilines is 1. The van der Waals surface area contributed by atoms with E-state index in [0.29, 0.717) is 0 Å². The molecule has 0 fully saturated rings. The maximum absolute atomic E-state index is 5.47. The van der Waals surface area contributed by atoms with Crippen molar-refractivity contribution in [1.82, 2.24) is 0 Å². The Bertz CT molecular complexity index is 266. The molecule has 1 aromatic rings. The van der Waals surface area contributed by atoms with E-state index in [4.69, 9.17) is 4.74 Å². The van der Waals surface area contributed by atoms with E-state index in [0.717, 1.165) is 31.0 Å². The predicted molar refractivity (Wildman–Crippen MR) is 60.9 cm³/mol. The van der Waals surface area contributed by atoms with E-state index in [-0.39, 0.29) is 0 Å². The summed E-state index contributed by atoms with van der Waals surface area (Å²) in [4.78, 5) is 0. The van der Waals surface area contributed by atoms with E-state index in [9.17, 15) is 0 Å². The van der Waals surface area contributed by atoms with Crippen LogP contribution in [0, 0.1) is 0 Å². The summed E-state index contributed by atoms with van der Waals surface area (Å²) in [6.45, 7) is 7.31. The first-order chi connectivity index (χ1) is 6.86. The number of hydrogen-bond donors (Lipinski definition) is 1. The molecule has 2 heteroatoms. The summed E-state index contributed by atoms with van der Waals surface area (Å²) in [7, 11) is 0. The molecule has 0 aliphatic heterocycles. The van der Waals surface area contributed by atoms with Gasteiger partial charge in [0.05, 0.1) is 6.61 Å². The molecule has 1 rings (SSSR count). The minimum Gasteiger partial charge on any atom is -0.494 e. The van der Waals surface area contributed by atoms with Gasteiger partial charge in [-0.15, -0.1) is 6.58 Å². The molecule has 0 aliphatic rings. The molecule has 0 aromatic heterocycles. The molecule has 0 amide bonds. The van der Waals surface area contributed by atoms with Gasteiger partial charge in [0.2, 0.25) is 0 Å². The van der Waals surface area contributed by atoms with Crippen LogP contribution in [-0.2, 0) is 0 Å². The number of benzene rings is 1. The lowest BCUT2D eigenvalue weighted by molar-refractivity contribution is 0.317. The van der Waals surface area contributed by atoms with Crippen molar-refractivity contribution >= 4 is 5.69 Å². The molecule has 0 heterocycles. The average Bonchev–Trinajstić information content (AvgIpc) is 2.25. The van der Waals surface area contributed by atoms with Gasteiger partial charge in [0, 0.05) is 12.2 Å². The molecular formula is C12H17NO. The molecule has 14 heavy (non-hydrogen) atoms. The lowest BCUT2D eigenvalue weighted by Crippen LogP contribution is -1.98. The van der Waals surface area contributed by atoms with Crippen molar-refractivity contribution in [1.29, 1.82) is 0 Å². The molecule has 76 valence electrons. The zero-order valence-electron chi connectivity index (χ0n) is 8.62. The Labute approximate surface area is 85.6 Å².